The molecule has 34 heavy (non-hydrogen) atoms. The highest BCUT2D eigenvalue weighted by molar-refractivity contribution is 6.74. The van der Waals surface area contributed by atoms with Gasteiger partial charge >= 0.3 is 0 Å². The Morgan fingerprint density at radius 1 is 1.18 bits per heavy atom. The predicted octanol–water partition coefficient (Wildman–Crippen LogP) is 5.95. The first kappa shape index (κ1) is 29.0. The predicted molar refractivity (Wildman–Crippen MR) is 142 cm³/mol. The third-order valence-electron chi connectivity index (χ3n) is 8.23. The third kappa shape index (κ3) is 5.79. The molecule has 0 amide bonds. The van der Waals surface area contributed by atoms with E-state index in [4.69, 9.17) is 13.9 Å². The van der Waals surface area contributed by atoms with E-state index in [-0.39, 0.29) is 29.6 Å². The van der Waals surface area contributed by atoms with E-state index in [1.54, 1.807) is 7.11 Å². The van der Waals surface area contributed by atoms with E-state index in [9.17, 15) is 10.2 Å². The zero-order chi connectivity index (χ0) is 25.9. The first-order valence-electron chi connectivity index (χ1n) is 12.5. The third-order valence-corrected chi connectivity index (χ3v) is 12.7. The fourth-order valence-electron chi connectivity index (χ4n) is 5.00. The Balaban J connectivity index is 2.03. The second-order valence-electron chi connectivity index (χ2n) is 12.2. The Morgan fingerprint density at radius 3 is 2.26 bits per heavy atom. The maximum absolute atomic E-state index is 11.9. The minimum Gasteiger partial charge on any atom is -0.497 e. The summed E-state index contributed by atoms with van der Waals surface area (Å²) in [5, 5.41) is 21.8. The Kier molecular flexibility index (Phi) is 9.25. The number of hydrogen-bond donors (Lipinski definition) is 2. The zero-order valence-corrected chi connectivity index (χ0v) is 23.9. The molecule has 1 aliphatic carbocycles. The van der Waals surface area contributed by atoms with E-state index >= 15 is 0 Å². The summed E-state index contributed by atoms with van der Waals surface area (Å²) in [7, 11) is -0.376. The summed E-state index contributed by atoms with van der Waals surface area (Å²) in [6.45, 7) is 22.9. The van der Waals surface area contributed by atoms with Crippen LogP contribution < -0.4 is 4.74 Å². The first-order chi connectivity index (χ1) is 15.6. The van der Waals surface area contributed by atoms with Gasteiger partial charge in [0.15, 0.2) is 8.32 Å². The van der Waals surface area contributed by atoms with Crippen LogP contribution in [0.25, 0.3) is 0 Å². The minimum absolute atomic E-state index is 0.0220. The van der Waals surface area contributed by atoms with Crippen molar-refractivity contribution >= 4 is 8.32 Å². The molecule has 0 aliphatic heterocycles. The Morgan fingerprint density at radius 2 is 1.76 bits per heavy atom. The van der Waals surface area contributed by atoms with Crippen LogP contribution in [0.4, 0.5) is 0 Å². The molecule has 0 unspecified atom stereocenters. The summed E-state index contributed by atoms with van der Waals surface area (Å²) in [5.74, 6) is 0.875. The SMILES string of the molecule is C=C(C[C@H](C)COCc1ccc(OC)cc1)[C@]1(O)[C@@H](CCO)[C@@H](O[Si](C)(C)C(C)(C)C)C1(C)C. The van der Waals surface area contributed by atoms with Gasteiger partial charge in [0, 0.05) is 24.5 Å². The van der Waals surface area contributed by atoms with Gasteiger partial charge in [0.1, 0.15) is 5.75 Å². The molecule has 1 saturated carbocycles. The highest BCUT2D eigenvalue weighted by atomic mass is 28.4. The molecule has 6 heteroatoms. The summed E-state index contributed by atoms with van der Waals surface area (Å²) in [5.41, 5.74) is 0.349. The lowest BCUT2D eigenvalue weighted by Crippen LogP contribution is -2.74. The van der Waals surface area contributed by atoms with Crippen LogP contribution in [0.2, 0.25) is 18.1 Å². The van der Waals surface area contributed by atoms with E-state index < -0.39 is 19.3 Å². The molecule has 1 aliphatic rings. The highest BCUT2D eigenvalue weighted by Crippen LogP contribution is 2.62. The highest BCUT2D eigenvalue weighted by Gasteiger charge is 2.69. The lowest BCUT2D eigenvalue weighted by Gasteiger charge is -2.66. The van der Waals surface area contributed by atoms with Crippen LogP contribution in [-0.4, -0.2) is 50.6 Å². The van der Waals surface area contributed by atoms with Crippen molar-refractivity contribution in [1.82, 2.24) is 0 Å². The fourth-order valence-corrected chi connectivity index (χ4v) is 6.44. The van der Waals surface area contributed by atoms with Crippen molar-refractivity contribution in [2.24, 2.45) is 17.3 Å². The summed E-state index contributed by atoms with van der Waals surface area (Å²) in [6.07, 6.45) is 1.06. The molecule has 1 fully saturated rings. The quantitative estimate of drug-likeness (QED) is 0.279. The molecule has 0 radical (unpaired) electrons. The van der Waals surface area contributed by atoms with E-state index in [1.165, 1.54) is 0 Å². The number of methoxy groups -OCH3 is 1. The average Bonchev–Trinajstić information content (AvgIpc) is 2.75. The Bertz CT molecular complexity index is 811. The molecular weight excluding hydrogens is 444 g/mol. The minimum atomic E-state index is -2.03. The van der Waals surface area contributed by atoms with Crippen LogP contribution in [0.15, 0.2) is 36.4 Å². The van der Waals surface area contributed by atoms with E-state index in [1.807, 2.05) is 24.3 Å². The van der Waals surface area contributed by atoms with Gasteiger partial charge in [-0.05, 0) is 60.2 Å². The van der Waals surface area contributed by atoms with Crippen molar-refractivity contribution in [3.8, 4) is 5.75 Å². The zero-order valence-electron chi connectivity index (χ0n) is 22.9. The van der Waals surface area contributed by atoms with E-state index in [0.29, 0.717) is 26.1 Å². The van der Waals surface area contributed by atoms with Crippen molar-refractivity contribution in [2.45, 2.75) is 90.8 Å². The van der Waals surface area contributed by atoms with Gasteiger partial charge in [-0.25, -0.2) is 0 Å². The van der Waals surface area contributed by atoms with Crippen LogP contribution in [0.1, 0.15) is 59.9 Å². The maximum atomic E-state index is 11.9. The van der Waals surface area contributed by atoms with Gasteiger partial charge in [-0.1, -0.05) is 60.3 Å². The number of aliphatic hydroxyl groups excluding tert-OH is 1. The van der Waals surface area contributed by atoms with E-state index in [2.05, 4.69) is 61.2 Å². The van der Waals surface area contributed by atoms with Crippen LogP contribution in [0.3, 0.4) is 0 Å². The molecule has 1 aromatic rings. The molecule has 0 bridgehead atoms. The van der Waals surface area contributed by atoms with Crippen LogP contribution >= 0.6 is 0 Å². The summed E-state index contributed by atoms with van der Waals surface area (Å²) in [6, 6.07) is 7.87. The van der Waals surface area contributed by atoms with Crippen LogP contribution in [0.5, 0.6) is 5.75 Å². The lowest BCUT2D eigenvalue weighted by atomic mass is 9.46. The van der Waals surface area contributed by atoms with Gasteiger partial charge in [0.05, 0.1) is 25.4 Å². The monoisotopic (exact) mass is 492 g/mol. The van der Waals surface area contributed by atoms with Crippen LogP contribution in [-0.2, 0) is 15.8 Å². The number of ether oxygens (including phenoxy) is 2. The lowest BCUT2D eigenvalue weighted by molar-refractivity contribution is -0.254. The molecule has 2 N–H and O–H groups in total. The maximum Gasteiger partial charge on any atom is 0.192 e. The van der Waals surface area contributed by atoms with E-state index in [0.717, 1.165) is 16.9 Å². The van der Waals surface area contributed by atoms with Crippen molar-refractivity contribution in [1.29, 1.82) is 0 Å². The molecule has 5 nitrogen and oxygen atoms in total. The van der Waals surface area contributed by atoms with Crippen molar-refractivity contribution in [3.05, 3.63) is 42.0 Å². The Hall–Kier alpha value is -1.18. The summed E-state index contributed by atoms with van der Waals surface area (Å²) in [4.78, 5) is 0. The van der Waals surface area contributed by atoms with Crippen molar-refractivity contribution in [3.63, 3.8) is 0 Å². The van der Waals surface area contributed by atoms with Crippen LogP contribution in [0, 0.1) is 17.3 Å². The van der Waals surface area contributed by atoms with Gasteiger partial charge in [0.2, 0.25) is 0 Å². The molecule has 0 heterocycles. The van der Waals surface area contributed by atoms with Gasteiger partial charge in [-0.2, -0.15) is 0 Å². The standard InChI is InChI=1S/C28H48O5Si/c1-20(18-32-19-22-11-13-23(31-8)14-12-22)17-21(2)28(30)24(15-16-29)25(27(28,6)7)33-34(9,10)26(3,4)5/h11-14,20,24-25,29-30H,2,15-19H2,1,3-10H3/t20-,24-,25+,28-/m0/s1. The molecule has 0 aromatic heterocycles. The molecular formula is C28H48O5Si. The average molecular weight is 493 g/mol. The summed E-state index contributed by atoms with van der Waals surface area (Å²) >= 11 is 0. The first-order valence-corrected chi connectivity index (χ1v) is 15.4. The van der Waals surface area contributed by atoms with Gasteiger partial charge in [-0.3, -0.25) is 0 Å². The number of rotatable bonds is 12. The molecule has 0 saturated heterocycles. The van der Waals surface area contributed by atoms with Crippen molar-refractivity contribution in [2.75, 3.05) is 20.3 Å². The van der Waals surface area contributed by atoms with Gasteiger partial charge in [0.25, 0.3) is 0 Å². The largest absolute Gasteiger partial charge is 0.497 e. The molecule has 1 aromatic carbocycles. The van der Waals surface area contributed by atoms with Crippen molar-refractivity contribution < 1.29 is 24.1 Å². The molecule has 4 atom stereocenters. The number of aliphatic hydroxyl groups is 2. The Labute approximate surface area is 208 Å². The topological polar surface area (TPSA) is 68.2 Å². The summed E-state index contributed by atoms with van der Waals surface area (Å²) < 4.78 is 17.9. The molecule has 194 valence electrons. The smallest absolute Gasteiger partial charge is 0.192 e. The van der Waals surface area contributed by atoms with Gasteiger partial charge < -0.3 is 24.1 Å². The second-order valence-corrected chi connectivity index (χ2v) is 16.9. The normalized spacial score (nSPS) is 25.5. The van der Waals surface area contributed by atoms with Gasteiger partial charge in [-0.15, -0.1) is 0 Å². The number of hydrogen-bond acceptors (Lipinski definition) is 5. The number of benzene rings is 1. The molecule has 0 spiro atoms. The second kappa shape index (κ2) is 10.8. The molecule has 2 rings (SSSR count). The fraction of sp³-hybridized carbons (Fsp3) is 0.714.